The molecule has 0 amide bonds. The fourth-order valence-corrected chi connectivity index (χ4v) is 1.37. The van der Waals surface area contributed by atoms with E-state index >= 15 is 0 Å². The van der Waals surface area contributed by atoms with E-state index in [1.54, 1.807) is 30.3 Å². The highest BCUT2D eigenvalue weighted by atomic mass is 16.4. The number of ketones is 1. The molecule has 1 heterocycles. The first-order chi connectivity index (χ1) is 8.33. The van der Waals surface area contributed by atoms with Crippen LogP contribution in [0.4, 0.5) is 0 Å². The Morgan fingerprint density at radius 1 is 1.18 bits per heavy atom. The largest absolute Gasteiger partial charge is 0.410 e. The van der Waals surface area contributed by atoms with Crippen LogP contribution < -0.4 is 0 Å². The first-order valence-corrected chi connectivity index (χ1v) is 4.91. The molecule has 0 aliphatic rings. The molecule has 0 saturated heterocycles. The highest BCUT2D eigenvalue weighted by Crippen LogP contribution is 2.06. The molecule has 0 aliphatic carbocycles. The van der Waals surface area contributed by atoms with Crippen LogP contribution in [-0.2, 0) is 0 Å². The minimum absolute atomic E-state index is 0.0985. The Balaban J connectivity index is 2.37. The molecule has 1 N–H and O–H groups in total. The average Bonchev–Trinajstić information content (AvgIpc) is 2.42. The van der Waals surface area contributed by atoms with Crippen molar-refractivity contribution in [1.29, 1.82) is 0 Å². The van der Waals surface area contributed by atoms with Crippen LogP contribution in [0.3, 0.4) is 0 Å². The molecule has 5 nitrogen and oxygen atoms in total. The highest BCUT2D eigenvalue weighted by molar-refractivity contribution is 6.50. The van der Waals surface area contributed by atoms with Crippen molar-refractivity contribution in [3.8, 4) is 0 Å². The fourth-order valence-electron chi connectivity index (χ4n) is 1.37. The normalized spacial score (nSPS) is 11.2. The van der Waals surface area contributed by atoms with Gasteiger partial charge in [-0.15, -0.1) is 0 Å². The smallest absolute Gasteiger partial charge is 0.216 e. The standard InChI is InChI=1S/C12H9N3O2/c16-12(9-4-2-1-3-5-9)11(15-17)10-6-7-13-8-14-10/h1-8,17H/b15-11+. The lowest BCUT2D eigenvalue weighted by Gasteiger charge is -2.02. The Hall–Kier alpha value is -2.56. The predicted molar refractivity (Wildman–Crippen MR) is 61.1 cm³/mol. The molecule has 0 unspecified atom stereocenters. The second-order valence-corrected chi connectivity index (χ2v) is 3.24. The zero-order valence-corrected chi connectivity index (χ0v) is 8.82. The van der Waals surface area contributed by atoms with E-state index in [4.69, 9.17) is 5.21 Å². The van der Waals surface area contributed by atoms with Crippen molar-refractivity contribution in [3.05, 3.63) is 60.2 Å². The summed E-state index contributed by atoms with van der Waals surface area (Å²) < 4.78 is 0. The van der Waals surface area contributed by atoms with Crippen LogP contribution in [0.5, 0.6) is 0 Å². The monoisotopic (exact) mass is 227 g/mol. The van der Waals surface area contributed by atoms with Crippen LogP contribution in [0, 0.1) is 0 Å². The number of nitrogens with zero attached hydrogens (tertiary/aromatic N) is 3. The maximum absolute atomic E-state index is 12.0. The van der Waals surface area contributed by atoms with Crippen molar-refractivity contribution in [2.75, 3.05) is 0 Å². The number of benzene rings is 1. The van der Waals surface area contributed by atoms with E-state index in [9.17, 15) is 4.79 Å². The number of hydrogen-bond acceptors (Lipinski definition) is 5. The minimum atomic E-state index is -0.383. The van der Waals surface area contributed by atoms with Gasteiger partial charge in [-0.05, 0) is 6.07 Å². The predicted octanol–water partition coefficient (Wildman–Crippen LogP) is 1.54. The van der Waals surface area contributed by atoms with E-state index in [0.717, 1.165) is 0 Å². The molecule has 17 heavy (non-hydrogen) atoms. The summed E-state index contributed by atoms with van der Waals surface area (Å²) in [7, 11) is 0. The maximum Gasteiger partial charge on any atom is 0.216 e. The average molecular weight is 227 g/mol. The number of carbonyl (C=O) groups is 1. The number of rotatable bonds is 3. The third kappa shape index (κ3) is 2.34. The Labute approximate surface area is 97.5 Å². The minimum Gasteiger partial charge on any atom is -0.410 e. The van der Waals surface area contributed by atoms with Crippen LogP contribution in [-0.4, -0.2) is 26.7 Å². The van der Waals surface area contributed by atoms with E-state index in [1.165, 1.54) is 18.6 Å². The zero-order chi connectivity index (χ0) is 12.1. The van der Waals surface area contributed by atoms with Crippen LogP contribution in [0.1, 0.15) is 16.1 Å². The second kappa shape index (κ2) is 4.98. The van der Waals surface area contributed by atoms with E-state index in [0.29, 0.717) is 5.56 Å². The summed E-state index contributed by atoms with van der Waals surface area (Å²) in [5.41, 5.74) is 0.633. The number of aromatic nitrogens is 2. The molecule has 0 bridgehead atoms. The van der Waals surface area contributed by atoms with Gasteiger partial charge in [0.15, 0.2) is 5.71 Å². The second-order valence-electron chi connectivity index (χ2n) is 3.24. The lowest BCUT2D eigenvalue weighted by atomic mass is 10.0. The summed E-state index contributed by atoms with van der Waals surface area (Å²) in [5.74, 6) is -0.383. The number of Topliss-reactive ketones (excluding diaryl/α,β-unsaturated/α-hetero) is 1. The number of oxime groups is 1. The third-order valence-corrected chi connectivity index (χ3v) is 2.18. The highest BCUT2D eigenvalue weighted by Gasteiger charge is 2.17. The quantitative estimate of drug-likeness (QED) is 0.373. The summed E-state index contributed by atoms with van der Waals surface area (Å²) in [6, 6.07) is 10.1. The SMILES string of the molecule is O=C(/C(=N/O)c1ccncn1)c1ccccc1. The van der Waals surface area contributed by atoms with Crippen molar-refractivity contribution >= 4 is 11.5 Å². The maximum atomic E-state index is 12.0. The molecule has 2 aromatic rings. The number of carbonyl (C=O) groups excluding carboxylic acids is 1. The van der Waals surface area contributed by atoms with Gasteiger partial charge in [-0.1, -0.05) is 35.5 Å². The van der Waals surface area contributed by atoms with Gasteiger partial charge in [0.1, 0.15) is 6.33 Å². The lowest BCUT2D eigenvalue weighted by molar-refractivity contribution is 0.106. The van der Waals surface area contributed by atoms with Crippen LogP contribution in [0.2, 0.25) is 0 Å². The van der Waals surface area contributed by atoms with Crippen molar-refractivity contribution in [1.82, 2.24) is 9.97 Å². The van der Waals surface area contributed by atoms with E-state index in [2.05, 4.69) is 15.1 Å². The zero-order valence-electron chi connectivity index (χ0n) is 8.82. The lowest BCUT2D eigenvalue weighted by Crippen LogP contribution is -2.17. The van der Waals surface area contributed by atoms with Gasteiger partial charge in [0.25, 0.3) is 0 Å². The summed E-state index contributed by atoms with van der Waals surface area (Å²) in [6.07, 6.45) is 2.77. The van der Waals surface area contributed by atoms with Gasteiger partial charge in [0.05, 0.1) is 5.69 Å². The topological polar surface area (TPSA) is 75.4 Å². The Kier molecular flexibility index (Phi) is 3.20. The van der Waals surface area contributed by atoms with Crippen LogP contribution >= 0.6 is 0 Å². The van der Waals surface area contributed by atoms with Gasteiger partial charge in [0, 0.05) is 11.8 Å². The molecule has 5 heteroatoms. The molecule has 0 aliphatic heterocycles. The van der Waals surface area contributed by atoms with Gasteiger partial charge in [-0.3, -0.25) is 4.79 Å². The summed E-state index contributed by atoms with van der Waals surface area (Å²) >= 11 is 0. The molecule has 84 valence electrons. The summed E-state index contributed by atoms with van der Waals surface area (Å²) in [5, 5.41) is 11.9. The van der Waals surface area contributed by atoms with Crippen molar-refractivity contribution in [2.24, 2.45) is 5.16 Å². The Bertz CT molecular complexity index is 538. The molecular weight excluding hydrogens is 218 g/mol. The van der Waals surface area contributed by atoms with E-state index < -0.39 is 0 Å². The third-order valence-electron chi connectivity index (χ3n) is 2.18. The van der Waals surface area contributed by atoms with Gasteiger partial charge in [-0.25, -0.2) is 9.97 Å². The number of hydrogen-bond donors (Lipinski definition) is 1. The molecule has 0 saturated carbocycles. The molecule has 0 radical (unpaired) electrons. The molecule has 1 aromatic heterocycles. The summed E-state index contributed by atoms with van der Waals surface area (Å²) in [4.78, 5) is 19.6. The Morgan fingerprint density at radius 2 is 1.94 bits per heavy atom. The molecule has 0 atom stereocenters. The van der Waals surface area contributed by atoms with Crippen LogP contribution in [0.15, 0.2) is 54.1 Å². The molecular formula is C12H9N3O2. The molecule has 0 fully saturated rings. The summed E-state index contributed by atoms with van der Waals surface area (Å²) in [6.45, 7) is 0. The van der Waals surface area contributed by atoms with Gasteiger partial charge >= 0.3 is 0 Å². The van der Waals surface area contributed by atoms with Gasteiger partial charge in [0.2, 0.25) is 5.78 Å². The van der Waals surface area contributed by atoms with E-state index in [-0.39, 0.29) is 17.2 Å². The molecule has 0 spiro atoms. The van der Waals surface area contributed by atoms with Gasteiger partial charge in [-0.2, -0.15) is 0 Å². The first-order valence-electron chi connectivity index (χ1n) is 4.91. The van der Waals surface area contributed by atoms with Crippen molar-refractivity contribution < 1.29 is 10.0 Å². The van der Waals surface area contributed by atoms with Crippen molar-refractivity contribution in [3.63, 3.8) is 0 Å². The van der Waals surface area contributed by atoms with Crippen LogP contribution in [0.25, 0.3) is 0 Å². The first kappa shape index (κ1) is 10.9. The van der Waals surface area contributed by atoms with Crippen molar-refractivity contribution in [2.45, 2.75) is 0 Å². The van der Waals surface area contributed by atoms with E-state index in [1.807, 2.05) is 0 Å². The fraction of sp³-hybridized carbons (Fsp3) is 0. The molecule has 1 aromatic carbocycles. The molecule has 2 rings (SSSR count). The van der Waals surface area contributed by atoms with Gasteiger partial charge < -0.3 is 5.21 Å². The Morgan fingerprint density at radius 3 is 2.53 bits per heavy atom.